The molecule has 0 bridgehead atoms. The summed E-state index contributed by atoms with van der Waals surface area (Å²) in [5, 5.41) is 9.93. The molecule has 0 aromatic heterocycles. The maximum atomic E-state index is 11.6. The smallest absolute Gasteiger partial charge is 0.353 e. The van der Waals surface area contributed by atoms with Gasteiger partial charge < -0.3 is 14.7 Å². The van der Waals surface area contributed by atoms with Gasteiger partial charge >= 0.3 is 5.97 Å². The fourth-order valence-electron chi connectivity index (χ4n) is 2.60. The Balaban J connectivity index is 2.07. The lowest BCUT2D eigenvalue weighted by Crippen LogP contribution is -2.39. The fraction of sp³-hybridized carbons (Fsp3) is 0.222. The van der Waals surface area contributed by atoms with Gasteiger partial charge in [-0.25, -0.2) is 9.79 Å². The molecule has 1 atom stereocenters. The van der Waals surface area contributed by atoms with Crippen LogP contribution < -0.4 is 9.64 Å². The predicted octanol–water partition coefficient (Wildman–Crippen LogP) is 5.20. The van der Waals surface area contributed by atoms with Crippen LogP contribution in [0.25, 0.3) is 0 Å². The Morgan fingerprint density at radius 2 is 1.96 bits per heavy atom. The van der Waals surface area contributed by atoms with E-state index in [0.29, 0.717) is 10.7 Å². The highest BCUT2D eigenvalue weighted by Crippen LogP contribution is 2.45. The van der Waals surface area contributed by atoms with E-state index in [-0.39, 0.29) is 11.8 Å². The molecule has 5 nitrogen and oxygen atoms in total. The maximum absolute atomic E-state index is 11.6. The Morgan fingerprint density at radius 1 is 1.28 bits per heavy atom. The van der Waals surface area contributed by atoms with Crippen molar-refractivity contribution in [3.63, 3.8) is 0 Å². The van der Waals surface area contributed by atoms with Crippen molar-refractivity contribution in [2.75, 3.05) is 4.90 Å². The number of nitrogens with zero attached hydrogens (tertiary/aromatic N) is 2. The number of alkyl halides is 1. The van der Waals surface area contributed by atoms with Crippen molar-refractivity contribution in [2.45, 2.75) is 24.0 Å². The number of rotatable bonds is 4. The van der Waals surface area contributed by atoms with E-state index in [1.165, 1.54) is 0 Å². The van der Waals surface area contributed by atoms with Crippen LogP contribution in [0.2, 0.25) is 5.02 Å². The Bertz CT molecular complexity index is 837. The molecule has 1 aliphatic rings. The van der Waals surface area contributed by atoms with Crippen molar-refractivity contribution < 1.29 is 14.6 Å². The van der Waals surface area contributed by atoms with Gasteiger partial charge in [-0.2, -0.15) is 0 Å². The standard InChI is InChI=1S/C18H16ClIN2O3/c1-10(2)25-12-8-6-11(7-9-12)22-14-5-3-4-13(19)15(14)21-16(17(22)20)18(23)24/h3-10,17H,1-2H3,(H,23,24). The van der Waals surface area contributed by atoms with Crippen LogP contribution in [-0.4, -0.2) is 26.9 Å². The number of carbonyl (C=O) groups is 1. The molecule has 2 aromatic carbocycles. The van der Waals surface area contributed by atoms with E-state index < -0.39 is 10.0 Å². The molecule has 1 aliphatic heterocycles. The third-order valence-corrected chi connectivity index (χ3v) is 5.07. The predicted molar refractivity (Wildman–Crippen MR) is 108 cm³/mol. The van der Waals surface area contributed by atoms with Crippen molar-refractivity contribution in [1.82, 2.24) is 0 Å². The normalized spacial score (nSPS) is 16.4. The molecule has 130 valence electrons. The molecule has 0 fully saturated rings. The summed E-state index contributed by atoms with van der Waals surface area (Å²) in [5.41, 5.74) is 2.13. The highest BCUT2D eigenvalue weighted by Gasteiger charge is 2.34. The number of halogens is 2. The van der Waals surface area contributed by atoms with Gasteiger partial charge in [0.2, 0.25) is 0 Å². The minimum Gasteiger partial charge on any atom is -0.491 e. The minimum absolute atomic E-state index is 0.0451. The molecule has 0 amide bonds. The van der Waals surface area contributed by atoms with Gasteiger partial charge in [0.05, 0.1) is 16.8 Å². The van der Waals surface area contributed by atoms with Crippen LogP contribution in [0, 0.1) is 0 Å². The van der Waals surface area contributed by atoms with Crippen LogP contribution in [0.1, 0.15) is 13.8 Å². The number of carboxylic acids is 1. The summed E-state index contributed by atoms with van der Waals surface area (Å²) >= 11 is 8.32. The summed E-state index contributed by atoms with van der Waals surface area (Å²) in [7, 11) is 0. The monoisotopic (exact) mass is 470 g/mol. The summed E-state index contributed by atoms with van der Waals surface area (Å²) in [6, 6.07) is 13.0. The second-order valence-corrected chi connectivity index (χ2v) is 7.36. The van der Waals surface area contributed by atoms with E-state index in [1.807, 2.05) is 55.1 Å². The van der Waals surface area contributed by atoms with Crippen LogP contribution in [0.4, 0.5) is 17.1 Å². The number of para-hydroxylation sites is 1. The molecule has 0 spiro atoms. The Labute approximate surface area is 164 Å². The summed E-state index contributed by atoms with van der Waals surface area (Å²) in [5.74, 6) is -0.297. The van der Waals surface area contributed by atoms with Gasteiger partial charge in [0.15, 0.2) is 5.71 Å². The molecule has 0 aliphatic carbocycles. The molecule has 1 N–H and O–H groups in total. The molecule has 25 heavy (non-hydrogen) atoms. The molecule has 1 unspecified atom stereocenters. The number of hydrogen-bond acceptors (Lipinski definition) is 4. The zero-order valence-corrected chi connectivity index (χ0v) is 16.5. The fourth-order valence-corrected chi connectivity index (χ4v) is 3.84. The van der Waals surface area contributed by atoms with Gasteiger partial charge in [0.25, 0.3) is 0 Å². The number of aliphatic carboxylic acids is 1. The largest absolute Gasteiger partial charge is 0.491 e. The van der Waals surface area contributed by atoms with Crippen LogP contribution in [0.3, 0.4) is 0 Å². The molecular formula is C18H16ClIN2O3. The zero-order valence-electron chi connectivity index (χ0n) is 13.6. The van der Waals surface area contributed by atoms with Crippen molar-refractivity contribution in [3.8, 4) is 5.75 Å². The van der Waals surface area contributed by atoms with Crippen molar-refractivity contribution in [1.29, 1.82) is 0 Å². The minimum atomic E-state index is -1.06. The second kappa shape index (κ2) is 7.21. The molecule has 0 saturated heterocycles. The number of carboxylic acid groups (broad SMARTS) is 1. The third-order valence-electron chi connectivity index (χ3n) is 3.62. The number of hydrogen-bond donors (Lipinski definition) is 1. The number of ether oxygens (including phenoxy) is 1. The van der Waals surface area contributed by atoms with Crippen LogP contribution >= 0.6 is 34.2 Å². The lowest BCUT2D eigenvalue weighted by Gasteiger charge is -2.34. The first-order valence-electron chi connectivity index (χ1n) is 7.69. The molecular weight excluding hydrogens is 455 g/mol. The van der Waals surface area contributed by atoms with Gasteiger partial charge in [0, 0.05) is 5.69 Å². The summed E-state index contributed by atoms with van der Waals surface area (Å²) in [6.45, 7) is 3.93. The lowest BCUT2D eigenvalue weighted by molar-refractivity contribution is -0.129. The van der Waals surface area contributed by atoms with E-state index in [0.717, 1.165) is 17.1 Å². The van der Waals surface area contributed by atoms with E-state index in [1.54, 1.807) is 6.07 Å². The van der Waals surface area contributed by atoms with Gasteiger partial charge in [-0.1, -0.05) is 40.3 Å². The first-order chi connectivity index (χ1) is 11.9. The van der Waals surface area contributed by atoms with E-state index in [4.69, 9.17) is 16.3 Å². The van der Waals surface area contributed by atoms with E-state index in [9.17, 15) is 9.90 Å². The second-order valence-electron chi connectivity index (χ2n) is 5.78. The third kappa shape index (κ3) is 3.59. The maximum Gasteiger partial charge on any atom is 0.353 e. The van der Waals surface area contributed by atoms with E-state index in [2.05, 4.69) is 27.6 Å². The summed E-state index contributed by atoms with van der Waals surface area (Å²) in [4.78, 5) is 17.8. The lowest BCUT2D eigenvalue weighted by atomic mass is 10.1. The van der Waals surface area contributed by atoms with Gasteiger partial charge in [-0.15, -0.1) is 0 Å². The van der Waals surface area contributed by atoms with Crippen molar-refractivity contribution in [3.05, 3.63) is 47.5 Å². The molecule has 0 saturated carbocycles. The quantitative estimate of drug-likeness (QED) is 0.379. The molecule has 7 heteroatoms. The first-order valence-corrected chi connectivity index (χ1v) is 9.31. The van der Waals surface area contributed by atoms with Gasteiger partial charge in [-0.3, -0.25) is 0 Å². The summed E-state index contributed by atoms with van der Waals surface area (Å²) in [6.07, 6.45) is 0.0865. The molecule has 1 heterocycles. The molecule has 2 aromatic rings. The average molecular weight is 471 g/mol. The number of fused-ring (bicyclic) bond motifs is 1. The molecule has 0 radical (unpaired) electrons. The number of aliphatic imine (C=N–C) groups is 1. The SMILES string of the molecule is CC(C)Oc1ccc(N2c3cccc(Cl)c3N=C(C(=O)O)C2I)cc1. The Kier molecular flexibility index (Phi) is 5.19. The first kappa shape index (κ1) is 18.0. The zero-order chi connectivity index (χ0) is 18.1. The van der Waals surface area contributed by atoms with Gasteiger partial charge in [0.1, 0.15) is 15.5 Å². The van der Waals surface area contributed by atoms with Crippen LogP contribution in [-0.2, 0) is 4.79 Å². The summed E-state index contributed by atoms with van der Waals surface area (Å²) < 4.78 is 5.21. The highest BCUT2D eigenvalue weighted by atomic mass is 127. The Morgan fingerprint density at radius 3 is 2.56 bits per heavy atom. The molecule has 3 rings (SSSR count). The average Bonchev–Trinajstić information content (AvgIpc) is 2.55. The highest BCUT2D eigenvalue weighted by molar-refractivity contribution is 14.1. The number of anilines is 2. The number of benzene rings is 2. The van der Waals surface area contributed by atoms with Gasteiger partial charge in [-0.05, 0) is 50.2 Å². The van der Waals surface area contributed by atoms with E-state index >= 15 is 0 Å². The van der Waals surface area contributed by atoms with Crippen molar-refractivity contribution in [2.24, 2.45) is 4.99 Å². The van der Waals surface area contributed by atoms with Crippen molar-refractivity contribution >= 4 is 62.9 Å². The van der Waals surface area contributed by atoms with Crippen LogP contribution in [0.5, 0.6) is 5.75 Å². The Hall–Kier alpha value is -1.80. The van der Waals surface area contributed by atoms with Crippen LogP contribution in [0.15, 0.2) is 47.5 Å². The topological polar surface area (TPSA) is 62.1 Å².